The molecule has 1 amide bonds. The smallest absolute Gasteiger partial charge is 0.231 e. The molecule has 0 atom stereocenters. The van der Waals surface area contributed by atoms with Gasteiger partial charge in [0.2, 0.25) is 11.7 Å². The lowest BCUT2D eigenvalue weighted by Gasteiger charge is -2.33. The number of hydrogen-bond acceptors (Lipinski definition) is 5. The Kier molecular flexibility index (Phi) is 4.11. The molecule has 0 unspecified atom stereocenters. The van der Waals surface area contributed by atoms with Crippen molar-refractivity contribution in [3.63, 3.8) is 0 Å². The summed E-state index contributed by atoms with van der Waals surface area (Å²) in [4.78, 5) is 26.6. The Hall–Kier alpha value is -1.66. The molecule has 1 aromatic heterocycles. The quantitative estimate of drug-likeness (QED) is 0.718. The summed E-state index contributed by atoms with van der Waals surface area (Å²) in [6.45, 7) is 3.69. The van der Waals surface area contributed by atoms with Gasteiger partial charge in [-0.25, -0.2) is 0 Å². The molecule has 0 radical (unpaired) electrons. The van der Waals surface area contributed by atoms with Gasteiger partial charge < -0.3 is 10.2 Å². The summed E-state index contributed by atoms with van der Waals surface area (Å²) in [6, 6.07) is 3.38. The highest BCUT2D eigenvalue weighted by molar-refractivity contribution is 5.95. The van der Waals surface area contributed by atoms with Gasteiger partial charge in [0.15, 0.2) is 5.76 Å². The second-order valence-electron chi connectivity index (χ2n) is 4.42. The van der Waals surface area contributed by atoms with Gasteiger partial charge in [-0.2, -0.15) is 0 Å². The highest BCUT2D eigenvalue weighted by atomic mass is 16.3. The fraction of sp³-hybridized carbons (Fsp3) is 0.500. The first kappa shape index (κ1) is 12.8. The maximum Gasteiger partial charge on any atom is 0.231 e. The molecule has 0 aliphatic carbocycles. The normalized spacial score (nSPS) is 17.8. The summed E-state index contributed by atoms with van der Waals surface area (Å²) in [5.74, 6) is 0.0769. The molecule has 18 heavy (non-hydrogen) atoms. The number of nitrogens with two attached hydrogens (primary N) is 1. The first-order valence-corrected chi connectivity index (χ1v) is 5.95. The van der Waals surface area contributed by atoms with Crippen molar-refractivity contribution < 1.29 is 14.0 Å². The summed E-state index contributed by atoms with van der Waals surface area (Å²) in [6.07, 6.45) is 1.50. The van der Waals surface area contributed by atoms with Gasteiger partial charge in [0, 0.05) is 26.2 Å². The number of primary amides is 1. The largest absolute Gasteiger partial charge is 0.461 e. The third kappa shape index (κ3) is 3.41. The van der Waals surface area contributed by atoms with Crippen LogP contribution < -0.4 is 5.73 Å². The van der Waals surface area contributed by atoms with Crippen LogP contribution in [0.25, 0.3) is 0 Å². The van der Waals surface area contributed by atoms with E-state index in [1.54, 1.807) is 12.1 Å². The standard InChI is InChI=1S/C12H17N3O3/c13-12(17)9-15-5-3-14(4-6-15)8-10(16)11-2-1-7-18-11/h1-2,7H,3-6,8-9H2,(H2,13,17). The molecule has 2 heterocycles. The second kappa shape index (κ2) is 5.79. The number of piperazine rings is 1. The maximum absolute atomic E-state index is 11.8. The number of hydrogen-bond donors (Lipinski definition) is 1. The van der Waals surface area contributed by atoms with Crippen LogP contribution in [0.4, 0.5) is 0 Å². The molecule has 0 spiro atoms. The van der Waals surface area contributed by atoms with Crippen LogP contribution in [-0.2, 0) is 4.79 Å². The monoisotopic (exact) mass is 251 g/mol. The molecular weight excluding hydrogens is 234 g/mol. The third-order valence-electron chi connectivity index (χ3n) is 3.01. The Labute approximate surface area is 105 Å². The van der Waals surface area contributed by atoms with Gasteiger partial charge in [0.05, 0.1) is 19.4 Å². The van der Waals surface area contributed by atoms with E-state index in [0.29, 0.717) is 18.8 Å². The molecular formula is C12H17N3O3. The molecule has 0 saturated carbocycles. The Morgan fingerprint density at radius 1 is 1.17 bits per heavy atom. The summed E-state index contributed by atoms with van der Waals surface area (Å²) < 4.78 is 5.06. The van der Waals surface area contributed by atoms with Crippen LogP contribution >= 0.6 is 0 Å². The second-order valence-corrected chi connectivity index (χ2v) is 4.42. The van der Waals surface area contributed by atoms with Crippen molar-refractivity contribution in [1.29, 1.82) is 0 Å². The average Bonchev–Trinajstić information content (AvgIpc) is 2.84. The van der Waals surface area contributed by atoms with Gasteiger partial charge in [-0.05, 0) is 12.1 Å². The van der Waals surface area contributed by atoms with Crippen LogP contribution in [-0.4, -0.2) is 60.8 Å². The van der Waals surface area contributed by atoms with E-state index >= 15 is 0 Å². The number of amides is 1. The lowest BCUT2D eigenvalue weighted by molar-refractivity contribution is -0.119. The van der Waals surface area contributed by atoms with Crippen molar-refractivity contribution in [3.8, 4) is 0 Å². The molecule has 0 bridgehead atoms. The van der Waals surface area contributed by atoms with Gasteiger partial charge in [-0.1, -0.05) is 0 Å². The van der Waals surface area contributed by atoms with E-state index in [2.05, 4.69) is 4.90 Å². The van der Waals surface area contributed by atoms with Crippen LogP contribution in [0.1, 0.15) is 10.6 Å². The summed E-state index contributed by atoms with van der Waals surface area (Å²) >= 11 is 0. The van der Waals surface area contributed by atoms with Crippen LogP contribution in [0.5, 0.6) is 0 Å². The highest BCUT2D eigenvalue weighted by Gasteiger charge is 2.21. The minimum absolute atomic E-state index is 0.0108. The number of carbonyl (C=O) groups excluding carboxylic acids is 2. The average molecular weight is 251 g/mol. The number of carbonyl (C=O) groups is 2. The van der Waals surface area contributed by atoms with E-state index < -0.39 is 0 Å². The van der Waals surface area contributed by atoms with Crippen molar-refractivity contribution in [2.75, 3.05) is 39.3 Å². The number of furan rings is 1. The molecule has 1 aliphatic heterocycles. The fourth-order valence-corrected chi connectivity index (χ4v) is 2.04. The summed E-state index contributed by atoms with van der Waals surface area (Å²) in [7, 11) is 0. The zero-order chi connectivity index (χ0) is 13.0. The van der Waals surface area contributed by atoms with Gasteiger partial charge in [-0.3, -0.25) is 19.4 Å². The first-order valence-electron chi connectivity index (χ1n) is 5.95. The van der Waals surface area contributed by atoms with E-state index in [9.17, 15) is 9.59 Å². The molecule has 2 N–H and O–H groups in total. The van der Waals surface area contributed by atoms with Crippen molar-refractivity contribution in [2.45, 2.75) is 0 Å². The van der Waals surface area contributed by atoms with Gasteiger partial charge in [0.25, 0.3) is 0 Å². The Morgan fingerprint density at radius 3 is 2.28 bits per heavy atom. The summed E-state index contributed by atoms with van der Waals surface area (Å²) in [5.41, 5.74) is 5.14. The number of nitrogens with zero attached hydrogens (tertiary/aromatic N) is 2. The van der Waals surface area contributed by atoms with E-state index in [0.717, 1.165) is 26.2 Å². The molecule has 1 fully saturated rings. The molecule has 0 aromatic carbocycles. The predicted octanol–water partition coefficient (Wildman–Crippen LogP) is -0.435. The molecule has 6 nitrogen and oxygen atoms in total. The van der Waals surface area contributed by atoms with E-state index in [1.807, 2.05) is 4.90 Å². The van der Waals surface area contributed by atoms with Crippen LogP contribution in [0, 0.1) is 0 Å². The van der Waals surface area contributed by atoms with Crippen molar-refractivity contribution >= 4 is 11.7 Å². The first-order chi connectivity index (χ1) is 8.65. The van der Waals surface area contributed by atoms with Crippen molar-refractivity contribution in [2.24, 2.45) is 5.73 Å². The van der Waals surface area contributed by atoms with E-state index in [-0.39, 0.29) is 11.7 Å². The number of ketones is 1. The molecule has 1 aliphatic rings. The minimum atomic E-state index is -0.310. The van der Waals surface area contributed by atoms with Crippen LogP contribution in [0.2, 0.25) is 0 Å². The molecule has 98 valence electrons. The van der Waals surface area contributed by atoms with Crippen LogP contribution in [0.3, 0.4) is 0 Å². The fourth-order valence-electron chi connectivity index (χ4n) is 2.04. The molecule has 1 saturated heterocycles. The zero-order valence-corrected chi connectivity index (χ0v) is 10.2. The molecule has 1 aromatic rings. The van der Waals surface area contributed by atoms with Gasteiger partial charge in [-0.15, -0.1) is 0 Å². The van der Waals surface area contributed by atoms with Crippen molar-refractivity contribution in [3.05, 3.63) is 24.2 Å². The van der Waals surface area contributed by atoms with E-state index in [1.165, 1.54) is 6.26 Å². The lowest BCUT2D eigenvalue weighted by Crippen LogP contribution is -2.49. The third-order valence-corrected chi connectivity index (χ3v) is 3.01. The predicted molar refractivity (Wildman–Crippen MR) is 65.1 cm³/mol. The van der Waals surface area contributed by atoms with E-state index in [4.69, 9.17) is 10.2 Å². The highest BCUT2D eigenvalue weighted by Crippen LogP contribution is 2.06. The minimum Gasteiger partial charge on any atom is -0.461 e. The van der Waals surface area contributed by atoms with Crippen molar-refractivity contribution in [1.82, 2.24) is 9.80 Å². The Balaban J connectivity index is 1.77. The number of rotatable bonds is 5. The van der Waals surface area contributed by atoms with Gasteiger partial charge in [0.1, 0.15) is 0 Å². The lowest BCUT2D eigenvalue weighted by atomic mass is 10.2. The maximum atomic E-state index is 11.8. The SMILES string of the molecule is NC(=O)CN1CCN(CC(=O)c2ccco2)CC1. The Bertz CT molecular complexity index is 408. The molecule has 2 rings (SSSR count). The zero-order valence-electron chi connectivity index (χ0n) is 10.2. The van der Waals surface area contributed by atoms with Crippen LogP contribution in [0.15, 0.2) is 22.8 Å². The van der Waals surface area contributed by atoms with Gasteiger partial charge >= 0.3 is 0 Å². The summed E-state index contributed by atoms with van der Waals surface area (Å²) in [5, 5.41) is 0. The Morgan fingerprint density at radius 2 is 1.78 bits per heavy atom. The molecule has 6 heteroatoms. The number of Topliss-reactive ketones (excluding diaryl/α,β-unsaturated/α-hetero) is 1. The topological polar surface area (TPSA) is 79.8 Å².